The van der Waals surface area contributed by atoms with E-state index in [1.165, 1.54) is 0 Å². The summed E-state index contributed by atoms with van der Waals surface area (Å²) in [7, 11) is 7.41. The molecule has 0 unspecified atom stereocenters. The minimum absolute atomic E-state index is 0. The van der Waals surface area contributed by atoms with Gasteiger partial charge in [-0.05, 0) is 0 Å². The van der Waals surface area contributed by atoms with E-state index in [9.17, 15) is 4.79 Å². The van der Waals surface area contributed by atoms with Crippen LogP contribution in [0.4, 0.5) is 0 Å². The average molecular weight is 219 g/mol. The standard InChI is InChI=1S/C11H12BNO.2H2O/c1-13(10-6-7-10)11(14)8-2-4-9(12)5-3-8;;/h2-5,10H,6-7H2,1H3;2*1H2/q+2;;/p-2. The summed E-state index contributed by atoms with van der Waals surface area (Å²) in [6, 6.07) is 7.52. The Hall–Kier alpha value is -1.33. The molecule has 1 aromatic carbocycles. The maximum absolute atomic E-state index is 11.8. The molecule has 1 amide bonds. The van der Waals surface area contributed by atoms with Crippen molar-refractivity contribution in [2.75, 3.05) is 7.05 Å². The molecule has 0 heterocycles. The first kappa shape index (κ1) is 14.7. The van der Waals surface area contributed by atoms with Crippen LogP contribution < -0.4 is 5.46 Å². The number of benzene rings is 1. The van der Waals surface area contributed by atoms with Crippen LogP contribution in [0.15, 0.2) is 24.3 Å². The first-order valence-electron chi connectivity index (χ1n) is 4.81. The van der Waals surface area contributed by atoms with Crippen molar-refractivity contribution in [3.05, 3.63) is 29.8 Å². The smallest absolute Gasteiger partial charge is 0.870 e. The number of hydrogen-bond acceptors (Lipinski definition) is 3. The summed E-state index contributed by atoms with van der Waals surface area (Å²) in [4.78, 5) is 13.6. The van der Waals surface area contributed by atoms with Crippen molar-refractivity contribution < 1.29 is 15.7 Å². The van der Waals surface area contributed by atoms with Crippen molar-refractivity contribution in [1.29, 1.82) is 0 Å². The molecule has 16 heavy (non-hydrogen) atoms. The van der Waals surface area contributed by atoms with Gasteiger partial charge in [0.05, 0.1) is 0 Å². The molecule has 0 aromatic heterocycles. The van der Waals surface area contributed by atoms with E-state index in [2.05, 4.69) is 0 Å². The van der Waals surface area contributed by atoms with Crippen LogP contribution in [0.3, 0.4) is 0 Å². The number of hydrogen-bond donors (Lipinski definition) is 0. The molecule has 1 aliphatic carbocycles. The maximum Gasteiger partial charge on any atom is -0.870 e. The molecule has 2 N–H and O–H groups in total. The van der Waals surface area contributed by atoms with Crippen LogP contribution >= 0.6 is 0 Å². The molecular formula is C11H14BNO3. The molecule has 0 saturated heterocycles. The molecule has 0 aliphatic heterocycles. The topological polar surface area (TPSA) is 80.3 Å². The van der Waals surface area contributed by atoms with Crippen LogP contribution in [0.5, 0.6) is 0 Å². The predicted molar refractivity (Wildman–Crippen MR) is 60.8 cm³/mol. The Morgan fingerprint density at radius 1 is 1.25 bits per heavy atom. The minimum Gasteiger partial charge on any atom is -0.870 e. The molecule has 1 fully saturated rings. The largest absolute Gasteiger partial charge is 0.870 e. The third kappa shape index (κ3) is 3.08. The van der Waals surface area contributed by atoms with E-state index in [-0.39, 0.29) is 16.9 Å². The zero-order chi connectivity index (χ0) is 10.1. The fourth-order valence-corrected chi connectivity index (χ4v) is 1.46. The summed E-state index contributed by atoms with van der Waals surface area (Å²) in [5.41, 5.74) is 1.41. The summed E-state index contributed by atoms with van der Waals surface area (Å²) in [6.07, 6.45) is 2.27. The Balaban J connectivity index is 0.00000112. The van der Waals surface area contributed by atoms with Crippen molar-refractivity contribution in [2.24, 2.45) is 0 Å². The Kier molecular flexibility index (Phi) is 5.21. The zero-order valence-corrected chi connectivity index (χ0v) is 9.13. The normalized spacial score (nSPS) is 13.4. The van der Waals surface area contributed by atoms with Crippen LogP contribution in [-0.2, 0) is 0 Å². The van der Waals surface area contributed by atoms with Gasteiger partial charge in [0, 0.05) is 0 Å². The van der Waals surface area contributed by atoms with E-state index in [0.717, 1.165) is 12.8 Å². The molecule has 1 aromatic rings. The zero-order valence-electron chi connectivity index (χ0n) is 9.13. The van der Waals surface area contributed by atoms with E-state index in [1.807, 2.05) is 11.9 Å². The van der Waals surface area contributed by atoms with Gasteiger partial charge >= 0.3 is 84.7 Å². The van der Waals surface area contributed by atoms with Gasteiger partial charge in [0.15, 0.2) is 0 Å². The van der Waals surface area contributed by atoms with Crippen molar-refractivity contribution in [1.82, 2.24) is 4.90 Å². The quantitative estimate of drug-likeness (QED) is 0.673. The molecule has 84 valence electrons. The molecule has 0 radical (unpaired) electrons. The van der Waals surface area contributed by atoms with Crippen LogP contribution in [0.25, 0.3) is 0 Å². The van der Waals surface area contributed by atoms with Gasteiger partial charge in [-0.3, -0.25) is 0 Å². The molecule has 0 atom stereocenters. The first-order valence-corrected chi connectivity index (χ1v) is 4.81. The summed E-state index contributed by atoms with van der Waals surface area (Å²) >= 11 is 0. The summed E-state index contributed by atoms with van der Waals surface area (Å²) < 4.78 is 0. The fraction of sp³-hybridized carbons (Fsp3) is 0.364. The Bertz CT molecular complexity index is 349. The van der Waals surface area contributed by atoms with E-state index >= 15 is 0 Å². The van der Waals surface area contributed by atoms with Gasteiger partial charge in [-0.25, -0.2) is 0 Å². The summed E-state index contributed by atoms with van der Waals surface area (Å²) in [5.74, 6) is 0.0903. The molecule has 5 heteroatoms. The fourth-order valence-electron chi connectivity index (χ4n) is 1.46. The van der Waals surface area contributed by atoms with E-state index in [1.54, 1.807) is 24.3 Å². The van der Waals surface area contributed by atoms with Crippen LogP contribution in [0.1, 0.15) is 23.2 Å². The third-order valence-corrected chi connectivity index (χ3v) is 2.57. The molecule has 0 bridgehead atoms. The third-order valence-electron chi connectivity index (χ3n) is 2.57. The van der Waals surface area contributed by atoms with Crippen molar-refractivity contribution in [2.45, 2.75) is 18.9 Å². The number of carbonyl (C=O) groups is 1. The first-order chi connectivity index (χ1) is 6.68. The Morgan fingerprint density at radius 2 is 1.75 bits per heavy atom. The maximum atomic E-state index is 11.8. The molecule has 0 spiro atoms. The molecule has 2 rings (SSSR count). The molecule has 4 nitrogen and oxygen atoms in total. The monoisotopic (exact) mass is 219 g/mol. The molecule has 1 aliphatic rings. The Morgan fingerprint density at radius 3 is 2.19 bits per heavy atom. The molecule has 1 saturated carbocycles. The van der Waals surface area contributed by atoms with E-state index in [4.69, 9.17) is 7.85 Å². The summed E-state index contributed by atoms with van der Waals surface area (Å²) in [6.45, 7) is 0. The second-order valence-corrected chi connectivity index (χ2v) is 3.77. The molecular weight excluding hydrogens is 205 g/mol. The van der Waals surface area contributed by atoms with Gasteiger partial charge in [0.25, 0.3) is 0 Å². The van der Waals surface area contributed by atoms with E-state index < -0.39 is 0 Å². The van der Waals surface area contributed by atoms with Crippen LogP contribution in [0.2, 0.25) is 0 Å². The van der Waals surface area contributed by atoms with E-state index in [0.29, 0.717) is 17.1 Å². The minimum atomic E-state index is 0. The van der Waals surface area contributed by atoms with Crippen molar-refractivity contribution >= 4 is 19.2 Å². The van der Waals surface area contributed by atoms with Gasteiger partial charge in [0.1, 0.15) is 0 Å². The second kappa shape index (κ2) is 5.68. The predicted octanol–water partition coefficient (Wildman–Crippen LogP) is 0.361. The number of nitrogens with zero attached hydrogens (tertiary/aromatic N) is 1. The van der Waals surface area contributed by atoms with Crippen LogP contribution in [-0.4, -0.2) is 42.7 Å². The second-order valence-electron chi connectivity index (χ2n) is 3.77. The van der Waals surface area contributed by atoms with Gasteiger partial charge in [-0.1, -0.05) is 0 Å². The van der Waals surface area contributed by atoms with Gasteiger partial charge < -0.3 is 11.0 Å². The SMILES string of the molecule is [B+2]c1ccc(C(=O)N(C)C2CC2)cc1.[OH-].[OH-]. The van der Waals surface area contributed by atoms with Crippen molar-refractivity contribution in [3.63, 3.8) is 0 Å². The van der Waals surface area contributed by atoms with Crippen LogP contribution in [0, 0.1) is 0 Å². The summed E-state index contributed by atoms with van der Waals surface area (Å²) in [5, 5.41) is 0. The number of carbonyl (C=O) groups excluding carboxylic acids is 1. The number of rotatable bonds is 2. The average Bonchev–Trinajstić information content (AvgIpc) is 3.00. The van der Waals surface area contributed by atoms with Gasteiger partial charge in [0.2, 0.25) is 0 Å². The van der Waals surface area contributed by atoms with Gasteiger partial charge in [-0.2, -0.15) is 0 Å². The van der Waals surface area contributed by atoms with Crippen molar-refractivity contribution in [3.8, 4) is 0 Å². The van der Waals surface area contributed by atoms with Gasteiger partial charge in [-0.15, -0.1) is 0 Å². The Labute approximate surface area is 96.3 Å². The number of amides is 1.